The minimum Gasteiger partial charge on any atom is -0.414 e. The summed E-state index contributed by atoms with van der Waals surface area (Å²) < 4.78 is 5.95. The molecule has 0 N–H and O–H groups in total. The van der Waals surface area contributed by atoms with E-state index >= 15 is 0 Å². The van der Waals surface area contributed by atoms with E-state index in [1.54, 1.807) is 0 Å². The van der Waals surface area contributed by atoms with E-state index in [0.717, 1.165) is 37.9 Å². The fourth-order valence-electron chi connectivity index (χ4n) is 1.81. The zero-order valence-corrected chi connectivity index (χ0v) is 14.3. The van der Waals surface area contributed by atoms with E-state index in [0.29, 0.717) is 11.2 Å². The normalized spacial score (nSPS) is 12.9. The summed E-state index contributed by atoms with van der Waals surface area (Å²) in [5.41, 5.74) is 0. The Bertz CT molecular complexity index is 210. The summed E-state index contributed by atoms with van der Waals surface area (Å²) in [6.07, 6.45) is 7.83. The number of thioether (sulfide) groups is 1. The van der Waals surface area contributed by atoms with Crippen LogP contribution in [0.3, 0.4) is 0 Å². The summed E-state index contributed by atoms with van der Waals surface area (Å²) in [5.74, 6) is 0.921. The van der Waals surface area contributed by atoms with Crippen LogP contribution >= 0.6 is 11.8 Å². The van der Waals surface area contributed by atoms with Crippen LogP contribution in [0.1, 0.15) is 58.8 Å². The average Bonchev–Trinajstić information content (AvgIpc) is 2.29. The predicted molar refractivity (Wildman–Crippen MR) is 83.5 cm³/mol. The van der Waals surface area contributed by atoms with Gasteiger partial charge in [0.1, 0.15) is 0 Å². The highest BCUT2D eigenvalue weighted by atomic mass is 32.2. The van der Waals surface area contributed by atoms with Gasteiger partial charge in [-0.05, 0) is 32.4 Å². The van der Waals surface area contributed by atoms with Gasteiger partial charge in [-0.25, -0.2) is 0 Å². The second-order valence-electron chi connectivity index (χ2n) is 4.90. The smallest absolute Gasteiger partial charge is 0.205 e. The zero-order valence-electron chi connectivity index (χ0n) is 12.5. The van der Waals surface area contributed by atoms with Crippen LogP contribution in [0.25, 0.3) is 0 Å². The van der Waals surface area contributed by atoms with Crippen LogP contribution < -0.4 is 0 Å². The molecule has 0 amide bonds. The Hall–Kier alpha value is 0.197. The molecule has 1 radical (unpaired) electrons. The highest BCUT2D eigenvalue weighted by molar-refractivity contribution is 8.13. The summed E-state index contributed by atoms with van der Waals surface area (Å²) in [7, 11) is -0.617. The van der Waals surface area contributed by atoms with E-state index in [2.05, 4.69) is 26.9 Å². The zero-order chi connectivity index (χ0) is 13.8. The first-order valence-corrected chi connectivity index (χ1v) is 10.6. The van der Waals surface area contributed by atoms with Gasteiger partial charge in [-0.1, -0.05) is 44.9 Å². The molecule has 0 rings (SSSR count). The van der Waals surface area contributed by atoms with Crippen molar-refractivity contribution in [3.63, 3.8) is 0 Å². The van der Waals surface area contributed by atoms with Gasteiger partial charge in [0, 0.05) is 18.3 Å². The monoisotopic (exact) mass is 289 g/mol. The van der Waals surface area contributed by atoms with Gasteiger partial charge in [0.25, 0.3) is 0 Å². The van der Waals surface area contributed by atoms with Crippen LogP contribution in [0.15, 0.2) is 0 Å². The van der Waals surface area contributed by atoms with Gasteiger partial charge < -0.3 is 4.43 Å². The van der Waals surface area contributed by atoms with Gasteiger partial charge in [0.05, 0.1) is 0 Å². The fourth-order valence-corrected chi connectivity index (χ4v) is 3.61. The molecule has 0 aliphatic rings. The van der Waals surface area contributed by atoms with Gasteiger partial charge in [-0.3, -0.25) is 4.79 Å². The van der Waals surface area contributed by atoms with Crippen molar-refractivity contribution in [2.45, 2.75) is 78.0 Å². The Morgan fingerprint density at radius 3 is 2.44 bits per heavy atom. The first kappa shape index (κ1) is 18.2. The molecule has 0 aliphatic heterocycles. The molecule has 0 aromatic carbocycles. The number of hydrogen-bond donors (Lipinski definition) is 0. The Morgan fingerprint density at radius 2 is 1.89 bits per heavy atom. The third-order valence-electron chi connectivity index (χ3n) is 2.70. The molecule has 2 nitrogen and oxygen atoms in total. The van der Waals surface area contributed by atoms with Crippen molar-refractivity contribution in [2.75, 3.05) is 5.75 Å². The summed E-state index contributed by atoms with van der Waals surface area (Å²) >= 11 is 1.50. The first-order valence-electron chi connectivity index (χ1n) is 7.22. The van der Waals surface area contributed by atoms with Crippen LogP contribution in [0.4, 0.5) is 0 Å². The number of carbonyl (C=O) groups is 1. The average molecular weight is 290 g/mol. The Kier molecular flexibility index (Phi) is 12.4. The van der Waals surface area contributed by atoms with E-state index < -0.39 is 9.04 Å². The van der Waals surface area contributed by atoms with Crippen molar-refractivity contribution in [3.8, 4) is 0 Å². The molecule has 0 aromatic rings. The van der Waals surface area contributed by atoms with Crippen molar-refractivity contribution in [1.82, 2.24) is 0 Å². The maximum Gasteiger partial charge on any atom is 0.205 e. The standard InChI is InChI=1S/C14H29O2SSi/c1-5-7-8-10-14(15)17-12-11-13(9-6-2)16-18(3)4/h13H,5-12H2,1-4H3. The molecular weight excluding hydrogens is 260 g/mol. The molecule has 0 fully saturated rings. The number of rotatable bonds is 11. The number of hydrogen-bond acceptors (Lipinski definition) is 3. The van der Waals surface area contributed by atoms with Gasteiger partial charge in [0.2, 0.25) is 9.04 Å². The summed E-state index contributed by atoms with van der Waals surface area (Å²) in [6, 6.07) is 0. The second kappa shape index (κ2) is 12.2. The van der Waals surface area contributed by atoms with E-state index in [1.165, 1.54) is 24.6 Å². The van der Waals surface area contributed by atoms with Crippen molar-refractivity contribution in [1.29, 1.82) is 0 Å². The lowest BCUT2D eigenvalue weighted by Gasteiger charge is -2.19. The lowest BCUT2D eigenvalue weighted by molar-refractivity contribution is -0.111. The SMILES string of the molecule is CCCCCC(=O)SCCC(CCC)O[Si](C)C. The fraction of sp³-hybridized carbons (Fsp3) is 0.929. The molecule has 0 heterocycles. The van der Waals surface area contributed by atoms with Crippen LogP contribution in [0.2, 0.25) is 13.1 Å². The molecule has 0 aliphatic carbocycles. The van der Waals surface area contributed by atoms with Crippen molar-refractivity contribution < 1.29 is 9.22 Å². The summed E-state index contributed by atoms with van der Waals surface area (Å²) in [6.45, 7) is 8.71. The topological polar surface area (TPSA) is 26.3 Å². The van der Waals surface area contributed by atoms with E-state index in [4.69, 9.17) is 4.43 Å². The maximum atomic E-state index is 11.6. The minimum absolute atomic E-state index is 0.359. The lowest BCUT2D eigenvalue weighted by atomic mass is 10.2. The maximum absolute atomic E-state index is 11.6. The minimum atomic E-state index is -0.617. The van der Waals surface area contributed by atoms with Crippen LogP contribution in [0.5, 0.6) is 0 Å². The van der Waals surface area contributed by atoms with Gasteiger partial charge >= 0.3 is 0 Å². The summed E-state index contributed by atoms with van der Waals surface area (Å²) in [5, 5.41) is 0.359. The third kappa shape index (κ3) is 11.3. The Labute approximate surface area is 119 Å². The van der Waals surface area contributed by atoms with Crippen LogP contribution in [-0.2, 0) is 9.22 Å². The van der Waals surface area contributed by atoms with Crippen molar-refractivity contribution >= 4 is 25.9 Å². The summed E-state index contributed by atoms with van der Waals surface area (Å²) in [4.78, 5) is 11.6. The Morgan fingerprint density at radius 1 is 1.17 bits per heavy atom. The number of unbranched alkanes of at least 4 members (excludes halogenated alkanes) is 2. The van der Waals surface area contributed by atoms with E-state index in [1.807, 2.05) is 0 Å². The molecule has 0 bridgehead atoms. The predicted octanol–water partition coefficient (Wildman–Crippen LogP) is 4.65. The molecule has 1 atom stereocenters. The highest BCUT2D eigenvalue weighted by Gasteiger charge is 2.12. The second-order valence-corrected chi connectivity index (χ2v) is 8.11. The highest BCUT2D eigenvalue weighted by Crippen LogP contribution is 2.16. The van der Waals surface area contributed by atoms with E-state index in [9.17, 15) is 4.79 Å². The molecule has 4 heteroatoms. The quantitative estimate of drug-likeness (QED) is 0.409. The molecule has 0 spiro atoms. The molecule has 0 saturated carbocycles. The van der Waals surface area contributed by atoms with Crippen molar-refractivity contribution in [2.24, 2.45) is 0 Å². The molecular formula is C14H29O2SSi. The van der Waals surface area contributed by atoms with Gasteiger partial charge in [0.15, 0.2) is 5.12 Å². The van der Waals surface area contributed by atoms with Crippen LogP contribution in [0, 0.1) is 0 Å². The third-order valence-corrected chi connectivity index (χ3v) is 4.47. The van der Waals surface area contributed by atoms with Crippen LogP contribution in [-0.4, -0.2) is 26.0 Å². The molecule has 107 valence electrons. The lowest BCUT2D eigenvalue weighted by Crippen LogP contribution is -2.21. The van der Waals surface area contributed by atoms with E-state index in [-0.39, 0.29) is 0 Å². The molecule has 1 unspecified atom stereocenters. The van der Waals surface area contributed by atoms with Crippen molar-refractivity contribution in [3.05, 3.63) is 0 Å². The van der Waals surface area contributed by atoms with Gasteiger partial charge in [-0.15, -0.1) is 0 Å². The molecule has 18 heavy (non-hydrogen) atoms. The Balaban J connectivity index is 3.67. The largest absolute Gasteiger partial charge is 0.414 e. The molecule has 0 saturated heterocycles. The first-order chi connectivity index (χ1) is 8.60. The molecule has 0 aromatic heterocycles. The van der Waals surface area contributed by atoms with Gasteiger partial charge in [-0.2, -0.15) is 0 Å². The number of carbonyl (C=O) groups excluding carboxylic acids is 1.